The number of rotatable bonds is 6. The summed E-state index contributed by atoms with van der Waals surface area (Å²) in [5, 5.41) is 17.8. The molecule has 23 heavy (non-hydrogen) atoms. The number of nitro benzene ring substituents is 1. The molecule has 0 saturated heterocycles. The molecule has 0 unspecified atom stereocenters. The fraction of sp³-hybridized carbons (Fsp3) is 0.333. The first-order valence-electron chi connectivity index (χ1n) is 7.20. The van der Waals surface area contributed by atoms with Gasteiger partial charge in [-0.2, -0.15) is 5.10 Å². The van der Waals surface area contributed by atoms with E-state index < -0.39 is 10.8 Å². The van der Waals surface area contributed by atoms with Crippen LogP contribution in [-0.4, -0.2) is 27.2 Å². The molecule has 0 spiro atoms. The molecule has 0 fully saturated rings. The Morgan fingerprint density at radius 3 is 2.74 bits per heavy atom. The third-order valence-electron chi connectivity index (χ3n) is 3.36. The van der Waals surface area contributed by atoms with Gasteiger partial charge in [-0.3, -0.25) is 19.6 Å². The van der Waals surface area contributed by atoms with Gasteiger partial charge in [0.1, 0.15) is 5.69 Å². The van der Waals surface area contributed by atoms with Crippen LogP contribution < -0.4 is 11.1 Å². The van der Waals surface area contributed by atoms with Crippen LogP contribution in [0.3, 0.4) is 0 Å². The van der Waals surface area contributed by atoms with Crippen molar-refractivity contribution in [3.8, 4) is 0 Å². The number of aromatic nitrogens is 2. The summed E-state index contributed by atoms with van der Waals surface area (Å²) in [6.07, 6.45) is 4.38. The van der Waals surface area contributed by atoms with E-state index in [2.05, 4.69) is 10.4 Å². The minimum absolute atomic E-state index is 0.110. The first-order valence-corrected chi connectivity index (χ1v) is 7.20. The van der Waals surface area contributed by atoms with Gasteiger partial charge in [0.2, 0.25) is 0 Å². The second kappa shape index (κ2) is 6.91. The number of nitrogen functional groups attached to an aromatic ring is 1. The van der Waals surface area contributed by atoms with Gasteiger partial charge in [0.25, 0.3) is 11.6 Å². The summed E-state index contributed by atoms with van der Waals surface area (Å²) in [5.74, 6) is -0.411. The van der Waals surface area contributed by atoms with Crippen molar-refractivity contribution in [3.63, 3.8) is 0 Å². The van der Waals surface area contributed by atoms with E-state index in [1.165, 1.54) is 6.07 Å². The summed E-state index contributed by atoms with van der Waals surface area (Å²) >= 11 is 0. The zero-order valence-corrected chi connectivity index (χ0v) is 13.1. The molecule has 0 bridgehead atoms. The van der Waals surface area contributed by atoms with Crippen molar-refractivity contribution in [2.75, 3.05) is 12.3 Å². The van der Waals surface area contributed by atoms with E-state index in [-0.39, 0.29) is 16.9 Å². The van der Waals surface area contributed by atoms with Crippen LogP contribution in [0.15, 0.2) is 24.5 Å². The topological polar surface area (TPSA) is 116 Å². The fourth-order valence-electron chi connectivity index (χ4n) is 2.24. The van der Waals surface area contributed by atoms with E-state index in [1.807, 2.05) is 13.1 Å². The molecular weight excluding hydrogens is 298 g/mol. The summed E-state index contributed by atoms with van der Waals surface area (Å²) in [6, 6.07) is 2.90. The molecule has 0 aliphatic heterocycles. The number of nitrogens with zero attached hydrogens (tertiary/aromatic N) is 3. The van der Waals surface area contributed by atoms with Crippen molar-refractivity contribution in [1.82, 2.24) is 15.1 Å². The first kappa shape index (κ1) is 16.5. The van der Waals surface area contributed by atoms with E-state index >= 15 is 0 Å². The van der Waals surface area contributed by atoms with Gasteiger partial charge in [0.15, 0.2) is 0 Å². The number of anilines is 1. The zero-order chi connectivity index (χ0) is 17.0. The van der Waals surface area contributed by atoms with Gasteiger partial charge in [-0.05, 0) is 37.5 Å². The quantitative estimate of drug-likeness (QED) is 0.365. The highest BCUT2D eigenvalue weighted by Gasteiger charge is 2.20. The summed E-state index contributed by atoms with van der Waals surface area (Å²) in [7, 11) is 0. The van der Waals surface area contributed by atoms with Crippen LogP contribution in [0.1, 0.15) is 27.9 Å². The molecule has 2 aromatic rings. The van der Waals surface area contributed by atoms with Crippen LogP contribution in [0.2, 0.25) is 0 Å². The van der Waals surface area contributed by atoms with E-state index in [9.17, 15) is 14.9 Å². The zero-order valence-electron chi connectivity index (χ0n) is 13.1. The Morgan fingerprint density at radius 1 is 1.39 bits per heavy atom. The maximum Gasteiger partial charge on any atom is 0.293 e. The lowest BCUT2D eigenvalue weighted by atomic mass is 10.1. The lowest BCUT2D eigenvalue weighted by Crippen LogP contribution is -2.26. The van der Waals surface area contributed by atoms with Gasteiger partial charge < -0.3 is 11.1 Å². The van der Waals surface area contributed by atoms with Crippen molar-refractivity contribution in [1.29, 1.82) is 0 Å². The Labute approximate surface area is 133 Å². The summed E-state index contributed by atoms with van der Waals surface area (Å²) < 4.78 is 1.80. The standard InChI is InChI=1S/C15H19N5O3/c1-10-6-12(14(16)13(7-10)20(22)23)15(21)17-4-3-5-19-9-11(2)8-18-19/h6-9H,3-5,16H2,1-2H3,(H,17,21). The molecule has 8 heteroatoms. The molecular formula is C15H19N5O3. The molecule has 8 nitrogen and oxygen atoms in total. The molecule has 1 aromatic carbocycles. The van der Waals surface area contributed by atoms with Gasteiger partial charge in [0, 0.05) is 25.4 Å². The predicted octanol–water partition coefficient (Wildman–Crippen LogP) is 1.81. The minimum atomic E-state index is -0.584. The molecule has 2 rings (SSSR count). The second-order valence-corrected chi connectivity index (χ2v) is 5.39. The number of carbonyl (C=O) groups is 1. The van der Waals surface area contributed by atoms with Gasteiger partial charge in [-0.1, -0.05) is 0 Å². The highest BCUT2D eigenvalue weighted by molar-refractivity contribution is 6.01. The maximum absolute atomic E-state index is 12.2. The molecule has 0 radical (unpaired) electrons. The Kier molecular flexibility index (Phi) is 4.95. The van der Waals surface area contributed by atoms with Crippen LogP contribution >= 0.6 is 0 Å². The van der Waals surface area contributed by atoms with Crippen molar-refractivity contribution >= 4 is 17.3 Å². The van der Waals surface area contributed by atoms with Crippen LogP contribution in [0.4, 0.5) is 11.4 Å². The molecule has 1 heterocycles. The normalized spacial score (nSPS) is 10.5. The number of carbonyl (C=O) groups excluding carboxylic acids is 1. The number of hydrogen-bond donors (Lipinski definition) is 2. The first-order chi connectivity index (χ1) is 10.9. The van der Waals surface area contributed by atoms with Crippen LogP contribution in [0, 0.1) is 24.0 Å². The summed E-state index contributed by atoms with van der Waals surface area (Å²) in [6.45, 7) is 4.75. The molecule has 0 saturated carbocycles. The van der Waals surface area contributed by atoms with Gasteiger partial charge in [-0.15, -0.1) is 0 Å². The third kappa shape index (κ3) is 4.06. The van der Waals surface area contributed by atoms with E-state index in [1.54, 1.807) is 23.9 Å². The Bertz CT molecular complexity index is 739. The highest BCUT2D eigenvalue weighted by atomic mass is 16.6. The van der Waals surface area contributed by atoms with Crippen molar-refractivity contribution in [2.45, 2.75) is 26.8 Å². The van der Waals surface area contributed by atoms with Crippen LogP contribution in [0.5, 0.6) is 0 Å². The molecule has 122 valence electrons. The van der Waals surface area contributed by atoms with Crippen molar-refractivity contribution in [2.24, 2.45) is 0 Å². The van der Waals surface area contributed by atoms with Crippen LogP contribution in [-0.2, 0) is 6.54 Å². The smallest absolute Gasteiger partial charge is 0.293 e. The van der Waals surface area contributed by atoms with Crippen molar-refractivity contribution < 1.29 is 9.72 Å². The number of nitrogens with one attached hydrogen (secondary N) is 1. The Morgan fingerprint density at radius 2 is 2.13 bits per heavy atom. The average Bonchev–Trinajstić information content (AvgIpc) is 2.90. The van der Waals surface area contributed by atoms with Crippen LogP contribution in [0.25, 0.3) is 0 Å². The number of amides is 1. The van der Waals surface area contributed by atoms with E-state index in [0.29, 0.717) is 25.1 Å². The molecule has 0 aliphatic carbocycles. The Hall–Kier alpha value is -2.90. The average molecular weight is 317 g/mol. The molecule has 0 atom stereocenters. The maximum atomic E-state index is 12.2. The summed E-state index contributed by atoms with van der Waals surface area (Å²) in [4.78, 5) is 22.5. The lowest BCUT2D eigenvalue weighted by Gasteiger charge is -2.09. The number of nitro groups is 1. The van der Waals surface area contributed by atoms with E-state index in [4.69, 9.17) is 5.73 Å². The molecule has 0 aliphatic rings. The van der Waals surface area contributed by atoms with Crippen molar-refractivity contribution in [3.05, 3.63) is 51.3 Å². The van der Waals surface area contributed by atoms with Gasteiger partial charge in [0.05, 0.1) is 16.7 Å². The number of nitrogens with two attached hydrogens (primary N) is 1. The number of aryl methyl sites for hydroxylation is 3. The summed E-state index contributed by atoms with van der Waals surface area (Å²) in [5.41, 5.74) is 7.20. The second-order valence-electron chi connectivity index (χ2n) is 5.39. The van der Waals surface area contributed by atoms with E-state index in [0.717, 1.165) is 5.56 Å². The number of benzene rings is 1. The Balaban J connectivity index is 1.96. The predicted molar refractivity (Wildman–Crippen MR) is 86.2 cm³/mol. The molecule has 3 N–H and O–H groups in total. The molecule has 1 aromatic heterocycles. The number of hydrogen-bond acceptors (Lipinski definition) is 5. The highest BCUT2D eigenvalue weighted by Crippen LogP contribution is 2.26. The fourth-order valence-corrected chi connectivity index (χ4v) is 2.24. The minimum Gasteiger partial charge on any atom is -0.393 e. The lowest BCUT2D eigenvalue weighted by molar-refractivity contribution is -0.384. The van der Waals surface area contributed by atoms with Gasteiger partial charge in [-0.25, -0.2) is 0 Å². The SMILES string of the molecule is Cc1cc(C(=O)NCCCn2cc(C)cn2)c(N)c([N+](=O)[O-])c1. The third-order valence-corrected chi connectivity index (χ3v) is 3.36. The monoisotopic (exact) mass is 317 g/mol. The van der Waals surface area contributed by atoms with Gasteiger partial charge >= 0.3 is 0 Å². The molecule has 1 amide bonds. The largest absolute Gasteiger partial charge is 0.393 e.